The third kappa shape index (κ3) is 2.92. The summed E-state index contributed by atoms with van der Waals surface area (Å²) in [5, 5.41) is 19.8. The Morgan fingerprint density at radius 1 is 1.47 bits per heavy atom. The second-order valence-electron chi connectivity index (χ2n) is 5.48. The molecule has 1 saturated heterocycles. The molecular formula is C14H18BrNO3. The molecule has 4 nitrogen and oxygen atoms in total. The molecule has 0 radical (unpaired) electrons. The van der Waals surface area contributed by atoms with Crippen molar-refractivity contribution in [2.24, 2.45) is 0 Å². The number of likely N-dealkylation sites (tertiary alicyclic amines) is 1. The maximum absolute atomic E-state index is 12.5. The number of nitrogens with zero attached hydrogens (tertiary/aromatic N) is 1. The van der Waals surface area contributed by atoms with Crippen molar-refractivity contribution >= 4 is 21.8 Å². The normalized spacial score (nSPS) is 19.8. The lowest BCUT2D eigenvalue weighted by Crippen LogP contribution is -2.48. The van der Waals surface area contributed by atoms with Crippen molar-refractivity contribution in [3.63, 3.8) is 0 Å². The van der Waals surface area contributed by atoms with Crippen LogP contribution < -0.4 is 0 Å². The van der Waals surface area contributed by atoms with Crippen LogP contribution in [0.1, 0.15) is 37.0 Å². The highest BCUT2D eigenvalue weighted by Gasteiger charge is 2.38. The van der Waals surface area contributed by atoms with Crippen molar-refractivity contribution in [1.29, 1.82) is 0 Å². The number of benzene rings is 1. The summed E-state index contributed by atoms with van der Waals surface area (Å²) in [5.74, 6) is -0.0997. The first-order chi connectivity index (χ1) is 8.80. The number of aliphatic hydroxyl groups is 1. The van der Waals surface area contributed by atoms with Gasteiger partial charge >= 0.3 is 0 Å². The molecule has 5 heteroatoms. The SMILES string of the molecule is CC(C)(O)C1CCCN1C(=O)c1ccc(Br)c(O)c1. The van der Waals surface area contributed by atoms with Gasteiger partial charge < -0.3 is 15.1 Å². The Balaban J connectivity index is 2.26. The van der Waals surface area contributed by atoms with Crippen LogP contribution in [0.4, 0.5) is 0 Å². The molecule has 104 valence electrons. The first kappa shape index (κ1) is 14.3. The molecule has 1 atom stereocenters. The van der Waals surface area contributed by atoms with Gasteiger partial charge in [-0.3, -0.25) is 4.79 Å². The van der Waals surface area contributed by atoms with Crippen molar-refractivity contribution < 1.29 is 15.0 Å². The van der Waals surface area contributed by atoms with Crippen LogP contribution in [-0.2, 0) is 0 Å². The summed E-state index contributed by atoms with van der Waals surface area (Å²) in [4.78, 5) is 14.2. The average molecular weight is 328 g/mol. The van der Waals surface area contributed by atoms with E-state index in [2.05, 4.69) is 15.9 Å². The van der Waals surface area contributed by atoms with Crippen LogP contribution in [0.15, 0.2) is 22.7 Å². The standard InChI is InChI=1S/C14H18BrNO3/c1-14(2,19)12-4-3-7-16(12)13(18)9-5-6-10(15)11(17)8-9/h5-6,8,12,17,19H,3-4,7H2,1-2H3. The molecule has 0 aliphatic carbocycles. The Hall–Kier alpha value is -1.07. The van der Waals surface area contributed by atoms with Crippen LogP contribution in [0.25, 0.3) is 0 Å². The highest BCUT2D eigenvalue weighted by atomic mass is 79.9. The van der Waals surface area contributed by atoms with E-state index >= 15 is 0 Å². The summed E-state index contributed by atoms with van der Waals surface area (Å²) >= 11 is 3.19. The first-order valence-electron chi connectivity index (χ1n) is 6.32. The van der Waals surface area contributed by atoms with E-state index in [4.69, 9.17) is 0 Å². The summed E-state index contributed by atoms with van der Waals surface area (Å²) in [6.45, 7) is 4.09. The summed E-state index contributed by atoms with van der Waals surface area (Å²) in [7, 11) is 0. The summed E-state index contributed by atoms with van der Waals surface area (Å²) < 4.78 is 0.560. The topological polar surface area (TPSA) is 60.8 Å². The van der Waals surface area contributed by atoms with Crippen molar-refractivity contribution in [1.82, 2.24) is 4.90 Å². The molecule has 1 aliphatic heterocycles. The van der Waals surface area contributed by atoms with E-state index in [1.165, 1.54) is 6.07 Å². The third-order valence-electron chi connectivity index (χ3n) is 3.52. The van der Waals surface area contributed by atoms with E-state index in [0.29, 0.717) is 16.6 Å². The molecule has 1 heterocycles. The molecule has 1 aromatic rings. The molecule has 0 bridgehead atoms. The van der Waals surface area contributed by atoms with E-state index in [1.807, 2.05) is 0 Å². The van der Waals surface area contributed by atoms with E-state index < -0.39 is 5.60 Å². The number of halogens is 1. The zero-order chi connectivity index (χ0) is 14.2. The zero-order valence-electron chi connectivity index (χ0n) is 11.1. The monoisotopic (exact) mass is 327 g/mol. The largest absolute Gasteiger partial charge is 0.507 e. The van der Waals surface area contributed by atoms with Crippen molar-refractivity contribution in [3.05, 3.63) is 28.2 Å². The highest BCUT2D eigenvalue weighted by molar-refractivity contribution is 9.10. The van der Waals surface area contributed by atoms with Gasteiger partial charge in [-0.15, -0.1) is 0 Å². The molecule has 2 N–H and O–H groups in total. The van der Waals surface area contributed by atoms with E-state index in [1.54, 1.807) is 30.9 Å². The van der Waals surface area contributed by atoms with Gasteiger partial charge in [-0.2, -0.15) is 0 Å². The first-order valence-corrected chi connectivity index (χ1v) is 7.12. The number of rotatable bonds is 2. The Bertz CT molecular complexity index is 496. The van der Waals surface area contributed by atoms with Crippen LogP contribution in [-0.4, -0.2) is 39.2 Å². The van der Waals surface area contributed by atoms with Crippen LogP contribution in [0, 0.1) is 0 Å². The van der Waals surface area contributed by atoms with Crippen LogP contribution >= 0.6 is 15.9 Å². The van der Waals surface area contributed by atoms with E-state index in [0.717, 1.165) is 12.8 Å². The van der Waals surface area contributed by atoms with E-state index in [9.17, 15) is 15.0 Å². The van der Waals surface area contributed by atoms with Crippen LogP contribution in [0.3, 0.4) is 0 Å². The Morgan fingerprint density at radius 2 is 2.16 bits per heavy atom. The van der Waals surface area contributed by atoms with Gasteiger partial charge in [-0.25, -0.2) is 0 Å². The number of carbonyl (C=O) groups is 1. The predicted molar refractivity (Wildman–Crippen MR) is 76.2 cm³/mol. The second kappa shape index (κ2) is 5.13. The molecule has 19 heavy (non-hydrogen) atoms. The molecule has 1 fully saturated rings. The quantitative estimate of drug-likeness (QED) is 0.877. The zero-order valence-corrected chi connectivity index (χ0v) is 12.6. The minimum Gasteiger partial charge on any atom is -0.507 e. The van der Waals surface area contributed by atoms with Gasteiger partial charge in [0.15, 0.2) is 0 Å². The lowest BCUT2D eigenvalue weighted by molar-refractivity contribution is 0.000329. The molecular weight excluding hydrogens is 310 g/mol. The van der Waals surface area contributed by atoms with Crippen molar-refractivity contribution in [2.75, 3.05) is 6.54 Å². The van der Waals surface area contributed by atoms with Gasteiger partial charge in [0.2, 0.25) is 0 Å². The number of amides is 1. The fourth-order valence-corrected chi connectivity index (χ4v) is 2.80. The number of carbonyl (C=O) groups excluding carboxylic acids is 1. The number of phenols is 1. The molecule has 1 aliphatic rings. The minimum absolute atomic E-state index is 0.0462. The van der Waals surface area contributed by atoms with Gasteiger partial charge in [0.1, 0.15) is 5.75 Å². The second-order valence-corrected chi connectivity index (χ2v) is 6.33. The molecule has 0 aromatic heterocycles. The average Bonchev–Trinajstić information content (AvgIpc) is 2.80. The van der Waals surface area contributed by atoms with Crippen molar-refractivity contribution in [2.45, 2.75) is 38.3 Å². The lowest BCUT2D eigenvalue weighted by atomic mass is 9.96. The van der Waals surface area contributed by atoms with Gasteiger partial charge in [0.05, 0.1) is 16.1 Å². The Morgan fingerprint density at radius 3 is 2.74 bits per heavy atom. The predicted octanol–water partition coefficient (Wildman–Crippen LogP) is 2.53. The Kier molecular flexibility index (Phi) is 3.87. The fraction of sp³-hybridized carbons (Fsp3) is 0.500. The third-order valence-corrected chi connectivity index (χ3v) is 4.19. The molecule has 2 rings (SSSR count). The van der Waals surface area contributed by atoms with E-state index in [-0.39, 0.29) is 17.7 Å². The molecule has 1 unspecified atom stereocenters. The summed E-state index contributed by atoms with van der Waals surface area (Å²) in [6, 6.07) is 4.60. The van der Waals surface area contributed by atoms with Crippen molar-refractivity contribution in [3.8, 4) is 5.75 Å². The molecule has 0 spiro atoms. The van der Waals surface area contributed by atoms with Crippen LogP contribution in [0.5, 0.6) is 5.75 Å². The summed E-state index contributed by atoms with van der Waals surface area (Å²) in [6.07, 6.45) is 1.70. The van der Waals surface area contributed by atoms with Gasteiger partial charge in [0, 0.05) is 12.1 Å². The Labute approximate surface area is 121 Å². The molecule has 1 aromatic carbocycles. The van der Waals surface area contributed by atoms with Crippen LogP contribution in [0.2, 0.25) is 0 Å². The lowest BCUT2D eigenvalue weighted by Gasteiger charge is -2.33. The van der Waals surface area contributed by atoms with Gasteiger partial charge in [-0.05, 0) is 60.8 Å². The number of hydrogen-bond acceptors (Lipinski definition) is 3. The highest BCUT2D eigenvalue weighted by Crippen LogP contribution is 2.30. The van der Waals surface area contributed by atoms with Gasteiger partial charge in [-0.1, -0.05) is 0 Å². The minimum atomic E-state index is -0.913. The summed E-state index contributed by atoms with van der Waals surface area (Å²) in [5.41, 5.74) is -0.472. The number of aromatic hydroxyl groups is 1. The smallest absolute Gasteiger partial charge is 0.254 e. The maximum Gasteiger partial charge on any atom is 0.254 e. The van der Waals surface area contributed by atoms with Gasteiger partial charge in [0.25, 0.3) is 5.91 Å². The maximum atomic E-state index is 12.5. The number of phenolic OH excluding ortho intramolecular Hbond substituents is 1. The molecule has 1 amide bonds. The molecule has 0 saturated carbocycles. The fourth-order valence-electron chi connectivity index (χ4n) is 2.56. The number of hydrogen-bond donors (Lipinski definition) is 2.